The second kappa shape index (κ2) is 3.71. The Morgan fingerprint density at radius 3 is 3.09 bits per heavy atom. The van der Waals surface area contributed by atoms with Crippen molar-refractivity contribution < 1.29 is 9.84 Å². The van der Waals surface area contributed by atoms with Crippen molar-refractivity contribution in [3.8, 4) is 0 Å². The number of methoxy groups -OCH3 is 1. The largest absolute Gasteiger partial charge is 0.390 e. The molecule has 1 heterocycles. The van der Waals surface area contributed by atoms with E-state index in [1.165, 1.54) is 6.33 Å². The zero-order valence-electron chi connectivity index (χ0n) is 6.12. The lowest BCUT2D eigenvalue weighted by Gasteiger charge is -2.03. The molecule has 62 valence electrons. The summed E-state index contributed by atoms with van der Waals surface area (Å²) in [5.74, 6) is 0. The lowest BCUT2D eigenvalue weighted by atomic mass is 10.5. The molecule has 0 spiro atoms. The topological polar surface area (TPSA) is 47.3 Å². The molecule has 0 bridgehead atoms. The van der Waals surface area contributed by atoms with Crippen LogP contribution >= 0.6 is 11.6 Å². The third-order valence-corrected chi connectivity index (χ3v) is 1.63. The maximum Gasteiger partial charge on any atom is 0.152 e. The maximum absolute atomic E-state index is 8.81. The lowest BCUT2D eigenvalue weighted by molar-refractivity contribution is 0.124. The average Bonchev–Trinajstić information content (AvgIpc) is 2.33. The molecule has 0 aliphatic heterocycles. The molecule has 1 aromatic heterocycles. The van der Waals surface area contributed by atoms with E-state index in [4.69, 9.17) is 21.4 Å². The summed E-state index contributed by atoms with van der Waals surface area (Å²) in [5.41, 5.74) is 0.577. The summed E-state index contributed by atoms with van der Waals surface area (Å²) in [6.07, 6.45) is 1.53. The number of hydrogen-bond acceptors (Lipinski definition) is 3. The van der Waals surface area contributed by atoms with Gasteiger partial charge in [-0.05, 0) is 0 Å². The predicted octanol–water partition coefficient (Wildman–Crippen LogP) is 0.633. The van der Waals surface area contributed by atoms with E-state index in [0.717, 1.165) is 0 Å². The van der Waals surface area contributed by atoms with E-state index in [-0.39, 0.29) is 6.61 Å². The minimum absolute atomic E-state index is 0.123. The molecular formula is C6H9ClN2O2. The van der Waals surface area contributed by atoms with E-state index >= 15 is 0 Å². The Morgan fingerprint density at radius 2 is 2.55 bits per heavy atom. The van der Waals surface area contributed by atoms with Crippen LogP contribution in [0.2, 0.25) is 5.15 Å². The number of aromatic nitrogens is 2. The van der Waals surface area contributed by atoms with Crippen molar-refractivity contribution in [2.75, 3.05) is 7.11 Å². The van der Waals surface area contributed by atoms with Gasteiger partial charge in [0.15, 0.2) is 5.15 Å². The number of hydrogen-bond donors (Lipinski definition) is 1. The van der Waals surface area contributed by atoms with Crippen LogP contribution in [-0.4, -0.2) is 21.8 Å². The van der Waals surface area contributed by atoms with Crippen LogP contribution in [-0.2, 0) is 18.1 Å². The number of aliphatic hydroxyl groups excluding tert-OH is 1. The standard InChI is InChI=1S/C6H9ClN2O2/c1-11-4-9-3-8-6(7)5(9)2-10/h3,10H,2,4H2,1H3. The summed E-state index contributed by atoms with van der Waals surface area (Å²) in [6.45, 7) is 0.234. The molecular weight excluding hydrogens is 168 g/mol. The first-order valence-electron chi connectivity index (χ1n) is 3.09. The summed E-state index contributed by atoms with van der Waals surface area (Å²) in [7, 11) is 1.56. The third-order valence-electron chi connectivity index (χ3n) is 1.31. The molecule has 1 aromatic rings. The quantitative estimate of drug-likeness (QED) is 0.735. The van der Waals surface area contributed by atoms with Crippen molar-refractivity contribution in [3.05, 3.63) is 17.2 Å². The molecule has 0 aliphatic carbocycles. The van der Waals surface area contributed by atoms with Crippen LogP contribution in [0.25, 0.3) is 0 Å². The molecule has 1 N–H and O–H groups in total. The molecule has 0 amide bonds. The van der Waals surface area contributed by atoms with Gasteiger partial charge in [-0.2, -0.15) is 0 Å². The second-order valence-corrected chi connectivity index (χ2v) is 2.39. The molecule has 0 saturated carbocycles. The van der Waals surface area contributed by atoms with Gasteiger partial charge in [-0.25, -0.2) is 4.98 Å². The summed E-state index contributed by atoms with van der Waals surface area (Å²) in [6, 6.07) is 0. The Labute approximate surface area is 69.4 Å². The Kier molecular flexibility index (Phi) is 2.87. The first kappa shape index (κ1) is 8.52. The van der Waals surface area contributed by atoms with Crippen LogP contribution in [0.3, 0.4) is 0 Å². The van der Waals surface area contributed by atoms with Crippen LogP contribution < -0.4 is 0 Å². The highest BCUT2D eigenvalue weighted by atomic mass is 35.5. The minimum Gasteiger partial charge on any atom is -0.390 e. The molecule has 0 saturated heterocycles. The predicted molar refractivity (Wildman–Crippen MR) is 40.2 cm³/mol. The number of rotatable bonds is 3. The minimum atomic E-state index is -0.123. The van der Waals surface area contributed by atoms with E-state index in [2.05, 4.69) is 4.98 Å². The number of imidazole rings is 1. The van der Waals surface area contributed by atoms with Gasteiger partial charge in [0.25, 0.3) is 0 Å². The van der Waals surface area contributed by atoms with Gasteiger partial charge in [0.05, 0.1) is 18.6 Å². The fraction of sp³-hybridized carbons (Fsp3) is 0.500. The van der Waals surface area contributed by atoms with Crippen LogP contribution in [0.1, 0.15) is 5.69 Å². The molecule has 1 rings (SSSR count). The highest BCUT2D eigenvalue weighted by Gasteiger charge is 2.05. The van der Waals surface area contributed by atoms with Gasteiger partial charge in [0.2, 0.25) is 0 Å². The molecule has 0 aliphatic rings. The number of aliphatic hydroxyl groups is 1. The fourth-order valence-electron chi connectivity index (χ4n) is 0.789. The van der Waals surface area contributed by atoms with E-state index in [1.54, 1.807) is 11.7 Å². The molecule has 4 nitrogen and oxygen atoms in total. The van der Waals surface area contributed by atoms with Gasteiger partial charge < -0.3 is 14.4 Å². The van der Waals surface area contributed by atoms with Crippen molar-refractivity contribution in [2.45, 2.75) is 13.3 Å². The van der Waals surface area contributed by atoms with Crippen molar-refractivity contribution >= 4 is 11.6 Å². The molecule has 11 heavy (non-hydrogen) atoms. The zero-order chi connectivity index (χ0) is 8.27. The Morgan fingerprint density at radius 1 is 1.82 bits per heavy atom. The van der Waals surface area contributed by atoms with Crippen LogP contribution in [0.5, 0.6) is 0 Å². The van der Waals surface area contributed by atoms with Crippen molar-refractivity contribution in [1.82, 2.24) is 9.55 Å². The summed E-state index contributed by atoms with van der Waals surface area (Å²) >= 11 is 5.63. The molecule has 0 atom stereocenters. The van der Waals surface area contributed by atoms with Gasteiger partial charge in [-0.3, -0.25) is 0 Å². The van der Waals surface area contributed by atoms with Crippen molar-refractivity contribution in [2.24, 2.45) is 0 Å². The fourth-order valence-corrected chi connectivity index (χ4v) is 1.00. The normalized spacial score (nSPS) is 10.5. The van der Waals surface area contributed by atoms with E-state index in [0.29, 0.717) is 17.6 Å². The van der Waals surface area contributed by atoms with Gasteiger partial charge in [-0.1, -0.05) is 11.6 Å². The van der Waals surface area contributed by atoms with Crippen molar-refractivity contribution in [1.29, 1.82) is 0 Å². The molecule has 5 heteroatoms. The van der Waals surface area contributed by atoms with Gasteiger partial charge >= 0.3 is 0 Å². The number of ether oxygens (including phenoxy) is 1. The molecule has 0 radical (unpaired) electrons. The summed E-state index contributed by atoms with van der Waals surface area (Å²) in [5, 5.41) is 9.14. The SMILES string of the molecule is COCn1cnc(Cl)c1CO. The van der Waals surface area contributed by atoms with Gasteiger partial charge in [-0.15, -0.1) is 0 Å². The average molecular weight is 177 g/mol. The molecule has 0 aromatic carbocycles. The van der Waals surface area contributed by atoms with E-state index in [1.807, 2.05) is 0 Å². The summed E-state index contributed by atoms with van der Waals surface area (Å²) in [4.78, 5) is 3.79. The van der Waals surface area contributed by atoms with Gasteiger partial charge in [0.1, 0.15) is 6.73 Å². The highest BCUT2D eigenvalue weighted by Crippen LogP contribution is 2.12. The monoisotopic (exact) mass is 176 g/mol. The Balaban J connectivity index is 2.86. The smallest absolute Gasteiger partial charge is 0.152 e. The van der Waals surface area contributed by atoms with Crippen LogP contribution in [0.15, 0.2) is 6.33 Å². The number of nitrogens with zero attached hydrogens (tertiary/aromatic N) is 2. The highest BCUT2D eigenvalue weighted by molar-refractivity contribution is 6.30. The lowest BCUT2D eigenvalue weighted by Crippen LogP contribution is -2.03. The van der Waals surface area contributed by atoms with Crippen LogP contribution in [0.4, 0.5) is 0 Å². The van der Waals surface area contributed by atoms with Crippen molar-refractivity contribution in [3.63, 3.8) is 0 Å². The Bertz CT molecular complexity index is 236. The first-order valence-corrected chi connectivity index (χ1v) is 3.46. The van der Waals surface area contributed by atoms with Gasteiger partial charge in [0, 0.05) is 7.11 Å². The first-order chi connectivity index (χ1) is 5.29. The molecule has 0 unspecified atom stereocenters. The second-order valence-electron chi connectivity index (χ2n) is 2.03. The van der Waals surface area contributed by atoms with E-state index < -0.39 is 0 Å². The third kappa shape index (κ3) is 1.71. The summed E-state index contributed by atoms with van der Waals surface area (Å²) < 4.78 is 6.48. The maximum atomic E-state index is 8.81. The van der Waals surface area contributed by atoms with Crippen LogP contribution in [0, 0.1) is 0 Å². The van der Waals surface area contributed by atoms with E-state index in [9.17, 15) is 0 Å². The number of halogens is 1. The molecule has 0 fully saturated rings. The zero-order valence-corrected chi connectivity index (χ0v) is 6.88. The Hall–Kier alpha value is -0.580.